The first-order valence-corrected chi connectivity index (χ1v) is 14.5. The smallest absolute Gasteiger partial charge is 0.324 e. The second-order valence-electron chi connectivity index (χ2n) is 10.1. The van der Waals surface area contributed by atoms with Gasteiger partial charge in [-0.25, -0.2) is 9.59 Å². The molecule has 2 aliphatic rings. The maximum absolute atomic E-state index is 12.2. The molecule has 2 rings (SSSR count). The molecule has 9 nitrogen and oxygen atoms in total. The van der Waals surface area contributed by atoms with Gasteiger partial charge in [-0.1, -0.05) is 44.9 Å². The number of urea groups is 2. The molecular formula is C27H49N5O4. The average molecular weight is 508 g/mol. The summed E-state index contributed by atoms with van der Waals surface area (Å²) in [6.45, 7) is 4.44. The monoisotopic (exact) mass is 507 g/mol. The van der Waals surface area contributed by atoms with Gasteiger partial charge in [0.2, 0.25) is 11.8 Å². The molecule has 2 aliphatic heterocycles. The second kappa shape index (κ2) is 19.0. The normalized spacial score (nSPS) is 17.0. The van der Waals surface area contributed by atoms with Crippen LogP contribution in [-0.2, 0) is 9.59 Å². The number of hydrogen-bond acceptors (Lipinski definition) is 5. The third-order valence-electron chi connectivity index (χ3n) is 7.00. The van der Waals surface area contributed by atoms with Gasteiger partial charge in [-0.2, -0.15) is 0 Å². The number of carbonyl (C=O) groups is 4. The quantitative estimate of drug-likeness (QED) is 0.286. The van der Waals surface area contributed by atoms with Crippen molar-refractivity contribution >= 4 is 23.9 Å². The highest BCUT2D eigenvalue weighted by Gasteiger charge is 2.23. The van der Waals surface area contributed by atoms with Gasteiger partial charge >= 0.3 is 12.1 Å². The van der Waals surface area contributed by atoms with Crippen LogP contribution in [0, 0.1) is 0 Å². The summed E-state index contributed by atoms with van der Waals surface area (Å²) in [5, 5.41) is 9.29. The predicted octanol–water partition coefficient (Wildman–Crippen LogP) is 4.31. The summed E-state index contributed by atoms with van der Waals surface area (Å²) in [6, 6.07) is -0.446. The molecule has 0 aromatic rings. The fraction of sp³-hybridized carbons (Fsp3) is 0.852. The number of likely N-dealkylation sites (tertiary alicyclic amines) is 2. The third kappa shape index (κ3) is 12.7. The summed E-state index contributed by atoms with van der Waals surface area (Å²) in [4.78, 5) is 51.0. The zero-order valence-electron chi connectivity index (χ0n) is 22.3. The summed E-state index contributed by atoms with van der Waals surface area (Å²) in [5.41, 5.74) is 0. The van der Waals surface area contributed by atoms with Crippen molar-refractivity contribution in [3.63, 3.8) is 0 Å². The van der Waals surface area contributed by atoms with Gasteiger partial charge in [-0.3, -0.25) is 19.4 Å². The van der Waals surface area contributed by atoms with E-state index in [0.29, 0.717) is 39.0 Å². The number of nitrogens with one attached hydrogen (secondary N) is 3. The first kappa shape index (κ1) is 30.1. The Morgan fingerprint density at radius 1 is 0.528 bits per heavy atom. The molecule has 2 saturated heterocycles. The van der Waals surface area contributed by atoms with Gasteiger partial charge in [-0.15, -0.1) is 0 Å². The third-order valence-corrected chi connectivity index (χ3v) is 7.00. The van der Waals surface area contributed by atoms with Crippen LogP contribution in [0.2, 0.25) is 0 Å². The molecule has 0 bridgehead atoms. The van der Waals surface area contributed by atoms with E-state index in [2.05, 4.69) is 16.0 Å². The number of unbranched alkanes of at least 4 members (excludes halogenated alkanes) is 7. The van der Waals surface area contributed by atoms with Gasteiger partial charge < -0.3 is 16.0 Å². The molecule has 0 aliphatic carbocycles. The molecule has 2 heterocycles. The van der Waals surface area contributed by atoms with Crippen LogP contribution in [0.4, 0.5) is 9.59 Å². The molecule has 3 N–H and O–H groups in total. The Labute approximate surface area is 217 Å². The largest absolute Gasteiger partial charge is 0.338 e. The number of carbonyl (C=O) groups excluding carboxylic acids is 4. The SMILES string of the molecule is O=C1CCCCCN1C(=O)NCCCCCCCNCCCCCCNC(=O)N1CCCCCC1=O. The van der Waals surface area contributed by atoms with Crippen LogP contribution in [0.15, 0.2) is 0 Å². The van der Waals surface area contributed by atoms with Gasteiger partial charge in [0, 0.05) is 39.0 Å². The Morgan fingerprint density at radius 2 is 0.917 bits per heavy atom. The maximum Gasteiger partial charge on any atom is 0.324 e. The minimum absolute atomic E-state index is 0.0386. The van der Waals surface area contributed by atoms with E-state index in [1.807, 2.05) is 0 Å². The van der Waals surface area contributed by atoms with Crippen molar-refractivity contribution in [2.75, 3.05) is 39.3 Å². The van der Waals surface area contributed by atoms with E-state index in [-0.39, 0.29) is 23.9 Å². The zero-order valence-corrected chi connectivity index (χ0v) is 22.3. The lowest BCUT2D eigenvalue weighted by Gasteiger charge is -2.19. The molecular weight excluding hydrogens is 458 g/mol. The number of rotatable bonds is 15. The highest BCUT2D eigenvalue weighted by Crippen LogP contribution is 2.12. The highest BCUT2D eigenvalue weighted by atomic mass is 16.2. The molecule has 0 aromatic heterocycles. The van der Waals surface area contributed by atoms with E-state index in [1.54, 1.807) is 0 Å². The number of nitrogens with zero attached hydrogens (tertiary/aromatic N) is 2. The molecule has 6 amide bonds. The van der Waals surface area contributed by atoms with Crippen LogP contribution in [-0.4, -0.2) is 72.9 Å². The summed E-state index contributed by atoms with van der Waals surface area (Å²) in [6.07, 6.45) is 16.5. The van der Waals surface area contributed by atoms with Crippen molar-refractivity contribution in [2.45, 2.75) is 109 Å². The van der Waals surface area contributed by atoms with Gasteiger partial charge in [0.15, 0.2) is 0 Å². The van der Waals surface area contributed by atoms with Crippen LogP contribution in [0.3, 0.4) is 0 Å². The lowest BCUT2D eigenvalue weighted by atomic mass is 10.1. The van der Waals surface area contributed by atoms with E-state index >= 15 is 0 Å². The molecule has 0 spiro atoms. The van der Waals surface area contributed by atoms with Crippen molar-refractivity contribution in [3.8, 4) is 0 Å². The Balaban J connectivity index is 1.31. The number of imide groups is 2. The molecule has 0 atom stereocenters. The molecule has 9 heteroatoms. The molecule has 0 saturated carbocycles. The van der Waals surface area contributed by atoms with Crippen LogP contribution in [0.5, 0.6) is 0 Å². The minimum Gasteiger partial charge on any atom is -0.338 e. The fourth-order valence-electron chi connectivity index (χ4n) is 4.74. The summed E-state index contributed by atoms with van der Waals surface area (Å²) in [5.74, 6) is -0.0786. The first-order chi connectivity index (χ1) is 17.6. The van der Waals surface area contributed by atoms with Crippen LogP contribution in [0.1, 0.15) is 109 Å². The Hall–Kier alpha value is -2.16. The molecule has 0 aromatic carbocycles. The second-order valence-corrected chi connectivity index (χ2v) is 10.1. The molecule has 36 heavy (non-hydrogen) atoms. The molecule has 0 radical (unpaired) electrons. The topological polar surface area (TPSA) is 111 Å². The highest BCUT2D eigenvalue weighted by molar-refractivity contribution is 5.95. The van der Waals surface area contributed by atoms with Crippen molar-refractivity contribution < 1.29 is 19.2 Å². The number of hydrogen-bond donors (Lipinski definition) is 3. The van der Waals surface area contributed by atoms with Crippen LogP contribution >= 0.6 is 0 Å². The van der Waals surface area contributed by atoms with E-state index in [4.69, 9.17) is 0 Å². The van der Waals surface area contributed by atoms with Gasteiger partial charge in [0.25, 0.3) is 0 Å². The standard InChI is InChI=1S/C27H49N5O4/c33-24-16-8-6-14-22-31(24)26(35)29-20-12-3-1-2-10-18-28-19-11-4-5-13-21-30-27(36)32-23-15-7-9-17-25(32)34/h28H,1-23H2,(H,29,35)(H,30,36). The van der Waals surface area contributed by atoms with Crippen LogP contribution < -0.4 is 16.0 Å². The van der Waals surface area contributed by atoms with Gasteiger partial charge in [-0.05, 0) is 64.5 Å². The minimum atomic E-state index is -0.224. The van der Waals surface area contributed by atoms with Crippen molar-refractivity contribution in [2.24, 2.45) is 0 Å². The van der Waals surface area contributed by atoms with E-state index < -0.39 is 0 Å². The Bertz CT molecular complexity index is 617. The lowest BCUT2D eigenvalue weighted by molar-refractivity contribution is -0.128. The van der Waals surface area contributed by atoms with Crippen LogP contribution in [0.25, 0.3) is 0 Å². The lowest BCUT2D eigenvalue weighted by Crippen LogP contribution is -2.43. The summed E-state index contributed by atoms with van der Waals surface area (Å²) in [7, 11) is 0. The predicted molar refractivity (Wildman–Crippen MR) is 142 cm³/mol. The Morgan fingerprint density at radius 3 is 1.36 bits per heavy atom. The Kier molecular flexibility index (Phi) is 15.9. The summed E-state index contributed by atoms with van der Waals surface area (Å²) >= 11 is 0. The fourth-order valence-corrected chi connectivity index (χ4v) is 4.74. The van der Waals surface area contributed by atoms with Crippen molar-refractivity contribution in [3.05, 3.63) is 0 Å². The maximum atomic E-state index is 12.2. The molecule has 206 valence electrons. The van der Waals surface area contributed by atoms with E-state index in [9.17, 15) is 19.2 Å². The number of amides is 6. The first-order valence-electron chi connectivity index (χ1n) is 14.5. The van der Waals surface area contributed by atoms with E-state index in [1.165, 1.54) is 16.2 Å². The zero-order chi connectivity index (χ0) is 25.8. The van der Waals surface area contributed by atoms with Gasteiger partial charge in [0.05, 0.1) is 0 Å². The van der Waals surface area contributed by atoms with Crippen molar-refractivity contribution in [1.82, 2.24) is 25.8 Å². The van der Waals surface area contributed by atoms with Gasteiger partial charge in [0.1, 0.15) is 0 Å². The average Bonchev–Trinajstić information content (AvgIpc) is 3.22. The van der Waals surface area contributed by atoms with E-state index in [0.717, 1.165) is 103 Å². The molecule has 2 fully saturated rings. The summed E-state index contributed by atoms with van der Waals surface area (Å²) < 4.78 is 0. The van der Waals surface area contributed by atoms with Crippen molar-refractivity contribution in [1.29, 1.82) is 0 Å². The molecule has 0 unspecified atom stereocenters.